The highest BCUT2D eigenvalue weighted by molar-refractivity contribution is 6.99. The summed E-state index contributed by atoms with van der Waals surface area (Å²) in [6.45, 7) is 12.8. The van der Waals surface area contributed by atoms with E-state index in [4.69, 9.17) is 23.9 Å². The van der Waals surface area contributed by atoms with Gasteiger partial charge in [0, 0.05) is 74.3 Å². The van der Waals surface area contributed by atoms with Crippen molar-refractivity contribution < 1.29 is 18.7 Å². The predicted molar refractivity (Wildman–Crippen MR) is 262 cm³/mol. The number of hydrogen-bond donors (Lipinski definition) is 0. The van der Waals surface area contributed by atoms with Crippen LogP contribution in [0.3, 0.4) is 0 Å². The number of carbonyl (C=O) groups excluding carboxylic acids is 1. The van der Waals surface area contributed by atoms with E-state index in [2.05, 4.69) is 150 Å². The molecule has 0 bridgehead atoms. The van der Waals surface area contributed by atoms with E-state index in [1.165, 1.54) is 15.8 Å². The molecule has 11 heteroatoms. The van der Waals surface area contributed by atoms with Crippen molar-refractivity contribution in [1.29, 1.82) is 0 Å². The third-order valence-electron chi connectivity index (χ3n) is 12.6. The zero-order valence-electron chi connectivity index (χ0n) is 38.0. The Balaban J connectivity index is 1.09. The molecule has 8 rings (SSSR count). The number of anilines is 2. The number of rotatable bonds is 17. The number of hydrogen-bond acceptors (Lipinski definition) is 10. The van der Waals surface area contributed by atoms with Gasteiger partial charge in [0.25, 0.3) is 8.32 Å². The van der Waals surface area contributed by atoms with Crippen LogP contribution in [-0.4, -0.2) is 100 Å². The highest BCUT2D eigenvalue weighted by Gasteiger charge is 2.50. The van der Waals surface area contributed by atoms with E-state index in [-0.39, 0.29) is 11.1 Å². The number of aromatic nitrogens is 2. The summed E-state index contributed by atoms with van der Waals surface area (Å²) in [6.07, 6.45) is 5.96. The van der Waals surface area contributed by atoms with Crippen molar-refractivity contribution in [2.75, 3.05) is 69.8 Å². The first-order valence-electron chi connectivity index (χ1n) is 22.6. The van der Waals surface area contributed by atoms with Crippen LogP contribution >= 0.6 is 0 Å². The highest BCUT2D eigenvalue weighted by atomic mass is 28.4. The molecular formula is C53H62N6O4Si. The zero-order chi connectivity index (χ0) is 44.5. The molecule has 0 radical (unpaired) electrons. The van der Waals surface area contributed by atoms with Gasteiger partial charge in [-0.25, -0.2) is 0 Å². The molecule has 1 atom stereocenters. The van der Waals surface area contributed by atoms with E-state index in [0.717, 1.165) is 84.8 Å². The minimum Gasteiger partial charge on any atom is -0.489 e. The van der Waals surface area contributed by atoms with Crippen molar-refractivity contribution in [2.24, 2.45) is 0 Å². The average molecular weight is 875 g/mol. The van der Waals surface area contributed by atoms with E-state index >= 15 is 0 Å². The van der Waals surface area contributed by atoms with Gasteiger partial charge in [0.2, 0.25) is 0 Å². The fourth-order valence-electron chi connectivity index (χ4n) is 9.36. The molecule has 0 aliphatic carbocycles. The first kappa shape index (κ1) is 44.6. The van der Waals surface area contributed by atoms with Gasteiger partial charge in [-0.15, -0.1) is 0 Å². The minimum atomic E-state index is -2.75. The van der Waals surface area contributed by atoms with Crippen LogP contribution in [-0.2, 0) is 28.8 Å². The Morgan fingerprint density at radius 3 is 2.16 bits per heavy atom. The number of likely N-dealkylation sites (N-methyl/N-ethyl adjacent to an activating group) is 1. The van der Waals surface area contributed by atoms with Crippen LogP contribution in [0.2, 0.25) is 5.04 Å². The molecule has 10 nitrogen and oxygen atoms in total. The monoisotopic (exact) mass is 874 g/mol. The van der Waals surface area contributed by atoms with E-state index in [1.54, 1.807) is 6.08 Å². The standard InChI is InChI=1S/C53H62N6O4Si/c1-53(2,3)64(45-21-11-7-12-22-45,46-23-13-8-14-24-46)63-34-27-43-38-59(31-30-57(43)28-17-33-60)51-48-26-29-58(39-49(48)54-52(55-51)61-35-32-56(4)5)50-37-44(36-42-20-15-16-25-47(42)50)62-40-41-18-9-6-10-19-41/h6-25,28,33,36-37,43H,26-27,29-32,34-35,38-40H2,1-5H3/t43-/m1/s1. The Kier molecular flexibility index (Phi) is 14.1. The van der Waals surface area contributed by atoms with E-state index in [9.17, 15) is 4.79 Å². The van der Waals surface area contributed by atoms with Crippen LogP contribution in [0.15, 0.2) is 140 Å². The average Bonchev–Trinajstić information content (AvgIpc) is 3.31. The van der Waals surface area contributed by atoms with Gasteiger partial charge in [0.15, 0.2) is 0 Å². The molecule has 0 N–H and O–H groups in total. The second kappa shape index (κ2) is 20.2. The van der Waals surface area contributed by atoms with Crippen LogP contribution in [0.5, 0.6) is 11.8 Å². The molecule has 2 aliphatic heterocycles. The maximum Gasteiger partial charge on any atom is 0.318 e. The lowest BCUT2D eigenvalue weighted by atomic mass is 10.0. The quantitative estimate of drug-likeness (QED) is 0.0513. The molecule has 0 spiro atoms. The van der Waals surface area contributed by atoms with Crippen molar-refractivity contribution in [3.63, 3.8) is 0 Å². The van der Waals surface area contributed by atoms with Gasteiger partial charge >= 0.3 is 6.01 Å². The fourth-order valence-corrected chi connectivity index (χ4v) is 13.9. The molecule has 64 heavy (non-hydrogen) atoms. The van der Waals surface area contributed by atoms with E-state index in [0.29, 0.717) is 38.9 Å². The Hall–Kier alpha value is -6.01. The Labute approximate surface area is 380 Å². The lowest BCUT2D eigenvalue weighted by Crippen LogP contribution is -2.66. The molecule has 1 fully saturated rings. The molecule has 2 aliphatic rings. The van der Waals surface area contributed by atoms with Crippen LogP contribution in [0.4, 0.5) is 11.5 Å². The van der Waals surface area contributed by atoms with Gasteiger partial charge in [-0.05, 0) is 65.4 Å². The number of piperazine rings is 1. The largest absolute Gasteiger partial charge is 0.489 e. The molecule has 5 aromatic carbocycles. The molecule has 1 aromatic heterocycles. The third-order valence-corrected chi connectivity index (χ3v) is 17.6. The first-order valence-corrected chi connectivity index (χ1v) is 24.5. The molecule has 1 saturated heterocycles. The van der Waals surface area contributed by atoms with Gasteiger partial charge in [0.05, 0.1) is 12.2 Å². The first-order chi connectivity index (χ1) is 31.1. The molecule has 6 aromatic rings. The van der Waals surface area contributed by atoms with Crippen molar-refractivity contribution in [2.45, 2.75) is 57.8 Å². The molecule has 3 heterocycles. The van der Waals surface area contributed by atoms with Crippen LogP contribution in [0, 0.1) is 0 Å². The zero-order valence-corrected chi connectivity index (χ0v) is 39.0. The van der Waals surface area contributed by atoms with Crippen LogP contribution < -0.4 is 29.6 Å². The van der Waals surface area contributed by atoms with Crippen molar-refractivity contribution in [3.05, 3.63) is 156 Å². The lowest BCUT2D eigenvalue weighted by Gasteiger charge is -2.45. The van der Waals surface area contributed by atoms with E-state index < -0.39 is 8.32 Å². The van der Waals surface area contributed by atoms with Gasteiger partial charge in [-0.3, -0.25) is 4.79 Å². The van der Waals surface area contributed by atoms with Crippen molar-refractivity contribution in [1.82, 2.24) is 19.8 Å². The third kappa shape index (κ3) is 10.0. The lowest BCUT2D eigenvalue weighted by molar-refractivity contribution is -0.104. The molecule has 332 valence electrons. The van der Waals surface area contributed by atoms with Gasteiger partial charge in [0.1, 0.15) is 31.1 Å². The summed E-state index contributed by atoms with van der Waals surface area (Å²) in [7, 11) is 1.33. The van der Waals surface area contributed by atoms with Crippen LogP contribution in [0.1, 0.15) is 44.0 Å². The highest BCUT2D eigenvalue weighted by Crippen LogP contribution is 2.39. The summed E-state index contributed by atoms with van der Waals surface area (Å²) in [5, 5.41) is 4.71. The maximum absolute atomic E-state index is 11.7. The van der Waals surface area contributed by atoms with Gasteiger partial charge < -0.3 is 33.5 Å². The molecular weight excluding hydrogens is 813 g/mol. The minimum absolute atomic E-state index is 0.0666. The van der Waals surface area contributed by atoms with Crippen molar-refractivity contribution in [3.8, 4) is 11.8 Å². The number of nitrogens with zero attached hydrogens (tertiary/aromatic N) is 6. The normalized spacial score (nSPS) is 15.8. The van der Waals surface area contributed by atoms with Gasteiger partial charge in [-0.2, -0.15) is 9.97 Å². The second-order valence-corrected chi connectivity index (χ2v) is 22.4. The Morgan fingerprint density at radius 2 is 1.47 bits per heavy atom. The van der Waals surface area contributed by atoms with Crippen LogP contribution in [0.25, 0.3) is 10.8 Å². The SMILES string of the molecule is CN(C)CCOc1nc2c(c(N3CCN(C=CC=O)[C@H](CCO[Si](c4ccccc4)(c4ccccc4)C(C)(C)C)C3)n1)CCN(c1cc(OCc3ccccc3)cc3ccccc13)C2. The smallest absolute Gasteiger partial charge is 0.318 e. The number of ether oxygens (including phenoxy) is 2. The molecule has 0 amide bonds. The fraction of sp³-hybridized carbons (Fsp3) is 0.340. The maximum atomic E-state index is 11.7. The molecule has 0 saturated carbocycles. The number of allylic oxidation sites excluding steroid dienone is 1. The summed E-state index contributed by atoms with van der Waals surface area (Å²) in [5.41, 5.74) is 4.39. The topological polar surface area (TPSA) is 83.5 Å². The number of fused-ring (bicyclic) bond motifs is 2. The Bertz CT molecular complexity index is 2460. The summed E-state index contributed by atoms with van der Waals surface area (Å²) < 4.78 is 20.2. The second-order valence-electron chi connectivity index (χ2n) is 18.1. The number of benzene rings is 5. The van der Waals surface area contributed by atoms with E-state index in [1.807, 2.05) is 38.5 Å². The van der Waals surface area contributed by atoms with Crippen molar-refractivity contribution >= 4 is 47.3 Å². The summed E-state index contributed by atoms with van der Waals surface area (Å²) in [6, 6.07) is 45.2. The predicted octanol–water partition coefficient (Wildman–Crippen LogP) is 7.88. The number of aldehydes is 1. The summed E-state index contributed by atoms with van der Waals surface area (Å²) in [4.78, 5) is 31.2. The summed E-state index contributed by atoms with van der Waals surface area (Å²) >= 11 is 0. The Morgan fingerprint density at radius 1 is 0.781 bits per heavy atom. The summed E-state index contributed by atoms with van der Waals surface area (Å²) in [5.74, 6) is 1.78. The molecule has 0 unspecified atom stereocenters. The number of carbonyl (C=O) groups is 1. The van der Waals surface area contributed by atoms with Gasteiger partial charge in [-0.1, -0.05) is 136 Å².